The summed E-state index contributed by atoms with van der Waals surface area (Å²) in [6.07, 6.45) is 0. The van der Waals surface area contributed by atoms with Crippen molar-refractivity contribution in [2.24, 2.45) is 5.73 Å². The lowest BCUT2D eigenvalue weighted by Gasteiger charge is -2.27. The molecule has 0 bridgehead atoms. The number of hydrogen-bond acceptors (Lipinski definition) is 9. The van der Waals surface area contributed by atoms with Gasteiger partial charge in [0, 0.05) is 36.2 Å². The van der Waals surface area contributed by atoms with Gasteiger partial charge in [0.15, 0.2) is 0 Å². The molecule has 35 heavy (non-hydrogen) atoms. The number of carbonyl (C=O) groups excluding carboxylic acids is 1. The summed E-state index contributed by atoms with van der Waals surface area (Å²) in [4.78, 5) is 22.7. The number of nitrogens with one attached hydrogen (secondary N) is 2. The number of aryl methyl sites for hydroxylation is 1. The average molecular weight is 499 g/mol. The Labute approximate surface area is 203 Å². The van der Waals surface area contributed by atoms with Crippen LogP contribution < -0.4 is 25.4 Å². The first kappa shape index (κ1) is 24.2. The van der Waals surface area contributed by atoms with E-state index < -0.39 is 15.9 Å². The van der Waals surface area contributed by atoms with Gasteiger partial charge in [-0.3, -0.25) is 9.52 Å². The van der Waals surface area contributed by atoms with E-state index in [1.165, 1.54) is 25.3 Å². The highest BCUT2D eigenvalue weighted by Crippen LogP contribution is 2.25. The van der Waals surface area contributed by atoms with E-state index in [0.717, 1.165) is 24.5 Å². The molecule has 3 aromatic rings. The number of rotatable bonds is 8. The third kappa shape index (κ3) is 5.78. The molecule has 0 atom stereocenters. The van der Waals surface area contributed by atoms with Gasteiger partial charge in [0.2, 0.25) is 5.95 Å². The molecule has 12 heteroatoms. The number of aromatic nitrogens is 2. The van der Waals surface area contributed by atoms with Gasteiger partial charge < -0.3 is 25.4 Å². The number of hydrogen-bond donors (Lipinski definition) is 3. The molecule has 2 aromatic carbocycles. The molecule has 1 saturated heterocycles. The lowest BCUT2D eigenvalue weighted by Crippen LogP contribution is -2.37. The van der Waals surface area contributed by atoms with Crippen molar-refractivity contribution in [2.45, 2.75) is 11.8 Å². The third-order valence-corrected chi connectivity index (χ3v) is 6.67. The molecule has 0 aliphatic carbocycles. The van der Waals surface area contributed by atoms with Crippen molar-refractivity contribution in [3.63, 3.8) is 0 Å². The first-order valence-corrected chi connectivity index (χ1v) is 12.3. The van der Waals surface area contributed by atoms with Crippen molar-refractivity contribution in [2.75, 3.05) is 48.4 Å². The van der Waals surface area contributed by atoms with E-state index >= 15 is 0 Å². The molecule has 1 aliphatic rings. The molecule has 1 aliphatic heterocycles. The second-order valence-electron chi connectivity index (χ2n) is 7.83. The molecule has 184 valence electrons. The monoisotopic (exact) mass is 498 g/mol. The van der Waals surface area contributed by atoms with Crippen molar-refractivity contribution in [3.8, 4) is 5.75 Å². The Bertz CT molecular complexity index is 1320. The number of anilines is 4. The summed E-state index contributed by atoms with van der Waals surface area (Å²) in [6, 6.07) is 12.4. The van der Waals surface area contributed by atoms with Crippen molar-refractivity contribution >= 4 is 39.1 Å². The molecule has 1 aromatic heterocycles. The van der Waals surface area contributed by atoms with Crippen LogP contribution in [-0.4, -0.2) is 57.7 Å². The molecular weight excluding hydrogens is 472 g/mol. The van der Waals surface area contributed by atoms with Gasteiger partial charge in [0.05, 0.1) is 30.8 Å². The molecule has 11 nitrogen and oxygen atoms in total. The third-order valence-electron chi connectivity index (χ3n) is 5.29. The molecule has 2 heterocycles. The van der Waals surface area contributed by atoms with Gasteiger partial charge in [-0.25, -0.2) is 13.4 Å². The van der Waals surface area contributed by atoms with Crippen LogP contribution in [0, 0.1) is 6.92 Å². The number of morpholine rings is 1. The van der Waals surface area contributed by atoms with Crippen molar-refractivity contribution in [1.29, 1.82) is 0 Å². The van der Waals surface area contributed by atoms with Gasteiger partial charge in [0.25, 0.3) is 15.9 Å². The van der Waals surface area contributed by atoms with E-state index in [9.17, 15) is 13.2 Å². The second kappa shape index (κ2) is 10.2. The maximum atomic E-state index is 12.8. The smallest absolute Gasteiger partial charge is 0.261 e. The van der Waals surface area contributed by atoms with Crippen LogP contribution in [0.25, 0.3) is 0 Å². The standard InChI is InChI=1S/C23H26N6O5S/c1-15-13-21(27-23(25-15)29-9-11-34-12-10-29)26-16-3-5-17(6-4-16)28-35(31,32)18-7-8-20(33-2)19(14-18)22(24)30/h3-8,13-14,28H,9-12H2,1-2H3,(H2,24,30)(H,25,26,27). The molecule has 0 unspecified atom stereocenters. The van der Waals surface area contributed by atoms with Gasteiger partial charge in [-0.15, -0.1) is 0 Å². The second-order valence-corrected chi connectivity index (χ2v) is 9.51. The van der Waals surface area contributed by atoms with Crippen LogP contribution in [0.4, 0.5) is 23.1 Å². The predicted molar refractivity (Wildman–Crippen MR) is 132 cm³/mol. The first-order valence-electron chi connectivity index (χ1n) is 10.8. The normalized spacial score (nSPS) is 13.8. The minimum atomic E-state index is -3.96. The quantitative estimate of drug-likeness (QED) is 0.425. The van der Waals surface area contributed by atoms with Crippen molar-refractivity contribution in [1.82, 2.24) is 9.97 Å². The zero-order chi connectivity index (χ0) is 25.0. The first-order chi connectivity index (χ1) is 16.7. The molecule has 0 spiro atoms. The van der Waals surface area contributed by atoms with Gasteiger partial charge in [-0.1, -0.05) is 0 Å². The van der Waals surface area contributed by atoms with Crippen molar-refractivity contribution in [3.05, 3.63) is 59.8 Å². The van der Waals surface area contributed by atoms with E-state index in [0.29, 0.717) is 30.7 Å². The lowest BCUT2D eigenvalue weighted by molar-refractivity contribution is 0.0997. The number of sulfonamides is 1. The summed E-state index contributed by atoms with van der Waals surface area (Å²) in [5, 5.41) is 3.23. The fourth-order valence-electron chi connectivity index (χ4n) is 3.55. The summed E-state index contributed by atoms with van der Waals surface area (Å²) >= 11 is 0. The van der Waals surface area contributed by atoms with E-state index in [2.05, 4.69) is 24.9 Å². The highest BCUT2D eigenvalue weighted by Gasteiger charge is 2.19. The fraction of sp³-hybridized carbons (Fsp3) is 0.261. The van der Waals surface area contributed by atoms with Crippen LogP contribution in [0.1, 0.15) is 16.1 Å². The minimum absolute atomic E-state index is 0.0217. The summed E-state index contributed by atoms with van der Waals surface area (Å²) in [7, 11) is -2.59. The Morgan fingerprint density at radius 3 is 2.40 bits per heavy atom. The highest BCUT2D eigenvalue weighted by molar-refractivity contribution is 7.92. The van der Waals surface area contributed by atoms with E-state index in [1.807, 2.05) is 13.0 Å². The van der Waals surface area contributed by atoms with Crippen LogP contribution >= 0.6 is 0 Å². The summed E-state index contributed by atoms with van der Waals surface area (Å²) in [6.45, 7) is 4.63. The van der Waals surface area contributed by atoms with Crippen LogP contribution in [0.2, 0.25) is 0 Å². The number of nitrogens with two attached hydrogens (primary N) is 1. The zero-order valence-electron chi connectivity index (χ0n) is 19.3. The Kier molecular flexibility index (Phi) is 7.03. The molecule has 4 N–H and O–H groups in total. The predicted octanol–water partition coefficient (Wildman–Crippen LogP) is 2.27. The number of primary amides is 1. The Morgan fingerprint density at radius 2 is 1.74 bits per heavy atom. The Morgan fingerprint density at radius 1 is 1.06 bits per heavy atom. The Hall–Kier alpha value is -3.90. The molecule has 4 rings (SSSR count). The number of ether oxygens (including phenoxy) is 2. The summed E-state index contributed by atoms with van der Waals surface area (Å²) in [5.41, 5.74) is 7.21. The van der Waals surface area contributed by atoms with Crippen LogP contribution in [0.5, 0.6) is 5.75 Å². The van der Waals surface area contributed by atoms with Gasteiger partial charge in [0.1, 0.15) is 11.6 Å². The molecule has 0 radical (unpaired) electrons. The molecule has 1 amide bonds. The number of carbonyl (C=O) groups is 1. The lowest BCUT2D eigenvalue weighted by atomic mass is 10.2. The molecule has 1 fully saturated rings. The van der Waals surface area contributed by atoms with E-state index in [1.54, 1.807) is 24.3 Å². The van der Waals surface area contributed by atoms with E-state index in [-0.39, 0.29) is 16.2 Å². The van der Waals surface area contributed by atoms with Crippen LogP contribution in [0.15, 0.2) is 53.4 Å². The molecular formula is C23H26N6O5S. The van der Waals surface area contributed by atoms with Gasteiger partial charge in [-0.2, -0.15) is 4.98 Å². The van der Waals surface area contributed by atoms with E-state index in [4.69, 9.17) is 15.2 Å². The highest BCUT2D eigenvalue weighted by atomic mass is 32.2. The number of methoxy groups -OCH3 is 1. The zero-order valence-corrected chi connectivity index (χ0v) is 20.1. The fourth-order valence-corrected chi connectivity index (χ4v) is 4.64. The number of benzene rings is 2. The maximum Gasteiger partial charge on any atom is 0.261 e. The summed E-state index contributed by atoms with van der Waals surface area (Å²) < 4.78 is 38.6. The van der Waals surface area contributed by atoms with Gasteiger partial charge in [-0.05, 0) is 49.4 Å². The van der Waals surface area contributed by atoms with Gasteiger partial charge >= 0.3 is 0 Å². The number of amides is 1. The number of nitrogens with zero attached hydrogens (tertiary/aromatic N) is 3. The van der Waals surface area contributed by atoms with Crippen LogP contribution in [0.3, 0.4) is 0 Å². The van der Waals surface area contributed by atoms with Crippen molar-refractivity contribution < 1.29 is 22.7 Å². The largest absolute Gasteiger partial charge is 0.496 e. The Balaban J connectivity index is 1.48. The van der Waals surface area contributed by atoms with Crippen LogP contribution in [-0.2, 0) is 14.8 Å². The maximum absolute atomic E-state index is 12.8. The topological polar surface area (TPSA) is 149 Å². The molecule has 0 saturated carbocycles. The average Bonchev–Trinajstić information content (AvgIpc) is 2.85. The SMILES string of the molecule is COc1ccc(S(=O)(=O)Nc2ccc(Nc3cc(C)nc(N4CCOCC4)n3)cc2)cc1C(N)=O. The minimum Gasteiger partial charge on any atom is -0.496 e. The summed E-state index contributed by atoms with van der Waals surface area (Å²) in [5.74, 6) is 0.675.